The third kappa shape index (κ3) is 5.26. The lowest BCUT2D eigenvalue weighted by Crippen LogP contribution is -2.42. The summed E-state index contributed by atoms with van der Waals surface area (Å²) in [5.41, 5.74) is -0.252. The van der Waals surface area contributed by atoms with Gasteiger partial charge in [-0.3, -0.25) is 4.79 Å². The molecular weight excluding hydrogens is 268 g/mol. The Labute approximate surface area is 117 Å². The Balaban J connectivity index is 2.61. The zero-order valence-corrected chi connectivity index (χ0v) is 12.1. The number of nitrogens with zero attached hydrogens (tertiary/aromatic N) is 1. The SMILES string of the molecule is C[C@@H](NC(=O)c1ccc(Cl)nc1)C(=O)OC(C)(C)C. The van der Waals surface area contributed by atoms with E-state index in [9.17, 15) is 9.59 Å². The van der Waals surface area contributed by atoms with Crippen molar-refractivity contribution in [2.75, 3.05) is 0 Å². The van der Waals surface area contributed by atoms with Crippen LogP contribution in [0.1, 0.15) is 38.1 Å². The maximum Gasteiger partial charge on any atom is 0.328 e. The van der Waals surface area contributed by atoms with E-state index < -0.39 is 23.5 Å². The van der Waals surface area contributed by atoms with Gasteiger partial charge in [0.05, 0.1) is 5.56 Å². The largest absolute Gasteiger partial charge is 0.458 e. The van der Waals surface area contributed by atoms with E-state index in [0.29, 0.717) is 10.7 Å². The van der Waals surface area contributed by atoms with Crippen molar-refractivity contribution in [2.45, 2.75) is 39.3 Å². The van der Waals surface area contributed by atoms with Gasteiger partial charge in [0, 0.05) is 6.20 Å². The van der Waals surface area contributed by atoms with Gasteiger partial charge in [-0.1, -0.05) is 11.6 Å². The van der Waals surface area contributed by atoms with Crippen molar-refractivity contribution in [3.8, 4) is 0 Å². The zero-order chi connectivity index (χ0) is 14.6. The highest BCUT2D eigenvalue weighted by molar-refractivity contribution is 6.29. The highest BCUT2D eigenvalue weighted by Gasteiger charge is 2.23. The van der Waals surface area contributed by atoms with Crippen LogP contribution in [0.4, 0.5) is 0 Å². The Morgan fingerprint density at radius 3 is 2.47 bits per heavy atom. The normalized spacial score (nSPS) is 12.7. The number of pyridine rings is 1. The Bertz CT molecular complexity index is 466. The van der Waals surface area contributed by atoms with E-state index in [4.69, 9.17) is 16.3 Å². The standard InChI is InChI=1S/C13H17ClN2O3/c1-8(12(18)19-13(2,3)4)16-11(17)9-5-6-10(14)15-7-9/h5-8H,1-4H3,(H,16,17)/t8-/m1/s1. The first kappa shape index (κ1) is 15.4. The quantitative estimate of drug-likeness (QED) is 0.682. The molecule has 19 heavy (non-hydrogen) atoms. The lowest BCUT2D eigenvalue weighted by Gasteiger charge is -2.22. The fourth-order valence-electron chi connectivity index (χ4n) is 1.24. The van der Waals surface area contributed by atoms with E-state index in [2.05, 4.69) is 10.3 Å². The van der Waals surface area contributed by atoms with Crippen molar-refractivity contribution in [2.24, 2.45) is 0 Å². The molecule has 0 spiro atoms. The molecule has 104 valence electrons. The molecule has 0 saturated heterocycles. The van der Waals surface area contributed by atoms with E-state index >= 15 is 0 Å². The van der Waals surface area contributed by atoms with Crippen LogP contribution in [0, 0.1) is 0 Å². The minimum absolute atomic E-state index is 0.303. The second-order valence-corrected chi connectivity index (χ2v) is 5.49. The number of esters is 1. The predicted molar refractivity (Wildman–Crippen MR) is 72.0 cm³/mol. The van der Waals surface area contributed by atoms with Crippen molar-refractivity contribution in [1.82, 2.24) is 10.3 Å². The Hall–Kier alpha value is -1.62. The number of ether oxygens (including phenoxy) is 1. The van der Waals surface area contributed by atoms with Gasteiger partial charge in [-0.15, -0.1) is 0 Å². The van der Waals surface area contributed by atoms with Gasteiger partial charge in [-0.05, 0) is 39.8 Å². The van der Waals surface area contributed by atoms with E-state index in [1.807, 2.05) is 0 Å². The molecule has 0 aliphatic rings. The van der Waals surface area contributed by atoms with E-state index in [0.717, 1.165) is 0 Å². The highest BCUT2D eigenvalue weighted by atomic mass is 35.5. The molecule has 0 unspecified atom stereocenters. The van der Waals surface area contributed by atoms with Crippen molar-refractivity contribution < 1.29 is 14.3 Å². The third-order valence-electron chi connectivity index (χ3n) is 2.10. The van der Waals surface area contributed by atoms with Gasteiger partial charge in [0.25, 0.3) is 5.91 Å². The molecule has 1 atom stereocenters. The molecule has 0 aliphatic heterocycles. The molecule has 0 aromatic carbocycles. The monoisotopic (exact) mass is 284 g/mol. The van der Waals surface area contributed by atoms with Crippen LogP contribution >= 0.6 is 11.6 Å². The van der Waals surface area contributed by atoms with Crippen LogP contribution in [0.25, 0.3) is 0 Å². The van der Waals surface area contributed by atoms with Crippen molar-refractivity contribution in [3.63, 3.8) is 0 Å². The predicted octanol–water partition coefficient (Wildman–Crippen LogP) is 2.20. The first-order chi connectivity index (χ1) is 8.69. The van der Waals surface area contributed by atoms with Gasteiger partial charge in [-0.2, -0.15) is 0 Å². The summed E-state index contributed by atoms with van der Waals surface area (Å²) in [6, 6.07) is 2.31. The maximum atomic E-state index is 11.8. The first-order valence-corrected chi connectivity index (χ1v) is 6.22. The average molecular weight is 285 g/mol. The molecule has 0 saturated carbocycles. The lowest BCUT2D eigenvalue weighted by atomic mass is 10.2. The van der Waals surface area contributed by atoms with Crippen LogP contribution in [-0.4, -0.2) is 28.5 Å². The molecule has 0 aliphatic carbocycles. The van der Waals surface area contributed by atoms with Crippen LogP contribution in [0.5, 0.6) is 0 Å². The van der Waals surface area contributed by atoms with Crippen LogP contribution in [0.3, 0.4) is 0 Å². The van der Waals surface area contributed by atoms with Gasteiger partial charge < -0.3 is 10.1 Å². The number of rotatable bonds is 3. The second kappa shape index (κ2) is 6.02. The molecule has 1 rings (SSSR count). The van der Waals surface area contributed by atoms with Gasteiger partial charge >= 0.3 is 5.97 Å². The van der Waals surface area contributed by atoms with Gasteiger partial charge in [0.15, 0.2) is 0 Å². The Morgan fingerprint density at radius 2 is 2.00 bits per heavy atom. The van der Waals surface area contributed by atoms with E-state index in [1.54, 1.807) is 27.7 Å². The van der Waals surface area contributed by atoms with E-state index in [1.165, 1.54) is 18.3 Å². The smallest absolute Gasteiger partial charge is 0.328 e. The third-order valence-corrected chi connectivity index (χ3v) is 2.32. The summed E-state index contributed by atoms with van der Waals surface area (Å²) in [4.78, 5) is 27.3. The number of halogens is 1. The molecule has 0 radical (unpaired) electrons. The summed E-state index contributed by atoms with van der Waals surface area (Å²) in [6.45, 7) is 6.86. The molecule has 6 heteroatoms. The maximum absolute atomic E-state index is 11.8. The molecule has 1 aromatic heterocycles. The molecule has 0 fully saturated rings. The summed E-state index contributed by atoms with van der Waals surface area (Å²) in [6.07, 6.45) is 1.35. The molecule has 1 amide bonds. The molecular formula is C13H17ClN2O3. The number of hydrogen-bond acceptors (Lipinski definition) is 4. The Morgan fingerprint density at radius 1 is 1.37 bits per heavy atom. The number of hydrogen-bond donors (Lipinski definition) is 1. The van der Waals surface area contributed by atoms with Crippen molar-refractivity contribution in [1.29, 1.82) is 0 Å². The van der Waals surface area contributed by atoms with Crippen LogP contribution < -0.4 is 5.32 Å². The lowest BCUT2D eigenvalue weighted by molar-refractivity contribution is -0.156. The van der Waals surface area contributed by atoms with Crippen LogP contribution in [-0.2, 0) is 9.53 Å². The summed E-state index contributed by atoms with van der Waals surface area (Å²) in [7, 11) is 0. The van der Waals surface area contributed by atoms with Crippen LogP contribution in [0.2, 0.25) is 5.15 Å². The molecule has 0 bridgehead atoms. The minimum Gasteiger partial charge on any atom is -0.458 e. The fraction of sp³-hybridized carbons (Fsp3) is 0.462. The first-order valence-electron chi connectivity index (χ1n) is 5.84. The molecule has 1 heterocycles. The molecule has 1 N–H and O–H groups in total. The second-order valence-electron chi connectivity index (χ2n) is 5.10. The summed E-state index contributed by atoms with van der Waals surface area (Å²) in [5, 5.41) is 2.84. The van der Waals surface area contributed by atoms with Crippen molar-refractivity contribution >= 4 is 23.5 Å². The number of carbonyl (C=O) groups is 2. The highest BCUT2D eigenvalue weighted by Crippen LogP contribution is 2.09. The Kier molecular flexibility index (Phi) is 4.89. The van der Waals surface area contributed by atoms with E-state index in [-0.39, 0.29) is 0 Å². The fourth-order valence-corrected chi connectivity index (χ4v) is 1.35. The van der Waals surface area contributed by atoms with Crippen LogP contribution in [0.15, 0.2) is 18.3 Å². The summed E-state index contributed by atoms with van der Waals surface area (Å²) >= 11 is 5.63. The number of carbonyl (C=O) groups excluding carboxylic acids is 2. The molecule has 1 aromatic rings. The molecule has 5 nitrogen and oxygen atoms in total. The van der Waals surface area contributed by atoms with Gasteiger partial charge in [0.2, 0.25) is 0 Å². The van der Waals surface area contributed by atoms with Gasteiger partial charge in [0.1, 0.15) is 16.8 Å². The van der Waals surface area contributed by atoms with Gasteiger partial charge in [-0.25, -0.2) is 9.78 Å². The number of amides is 1. The summed E-state index contributed by atoms with van der Waals surface area (Å²) < 4.78 is 5.16. The number of nitrogens with one attached hydrogen (secondary N) is 1. The topological polar surface area (TPSA) is 68.3 Å². The summed E-state index contributed by atoms with van der Waals surface area (Å²) in [5.74, 6) is -0.884. The minimum atomic E-state index is -0.734. The number of aromatic nitrogens is 1. The van der Waals surface area contributed by atoms with Crippen molar-refractivity contribution in [3.05, 3.63) is 29.0 Å². The zero-order valence-electron chi connectivity index (χ0n) is 11.4. The average Bonchev–Trinajstić information content (AvgIpc) is 2.27.